The van der Waals surface area contributed by atoms with Gasteiger partial charge in [0.15, 0.2) is 11.5 Å². The zero-order chi connectivity index (χ0) is 22.5. The standard InChI is InChI=1S/C24H25NO5S/c1-6-30-20-11-10-16(13-21(20)28-3)12-19-22(24(27)29-4)15(2)25(23(19)26)17-8-7-9-18(14-17)31-5/h7-14H,6H2,1-5H3/b19-12-. The lowest BCUT2D eigenvalue weighted by Gasteiger charge is -2.18. The molecular weight excluding hydrogens is 414 g/mol. The molecule has 0 N–H and O–H groups in total. The van der Waals surface area contributed by atoms with Crippen molar-refractivity contribution in [3.05, 3.63) is 64.9 Å². The third kappa shape index (κ3) is 4.46. The van der Waals surface area contributed by atoms with Crippen LogP contribution in [-0.4, -0.2) is 39.0 Å². The first kappa shape index (κ1) is 22.5. The Hall–Kier alpha value is -3.19. The number of nitrogens with zero attached hydrogens (tertiary/aromatic N) is 1. The van der Waals surface area contributed by atoms with Gasteiger partial charge >= 0.3 is 5.97 Å². The normalized spacial score (nSPS) is 14.9. The number of benzene rings is 2. The maximum Gasteiger partial charge on any atom is 0.340 e. The highest BCUT2D eigenvalue weighted by Crippen LogP contribution is 2.37. The van der Waals surface area contributed by atoms with Crippen molar-refractivity contribution in [2.24, 2.45) is 0 Å². The second kappa shape index (κ2) is 9.75. The van der Waals surface area contributed by atoms with Crippen LogP contribution < -0.4 is 14.4 Å². The van der Waals surface area contributed by atoms with Crippen molar-refractivity contribution < 1.29 is 23.8 Å². The number of rotatable bonds is 7. The first-order valence-electron chi connectivity index (χ1n) is 9.75. The summed E-state index contributed by atoms with van der Waals surface area (Å²) < 4.78 is 15.9. The molecule has 0 saturated carbocycles. The lowest BCUT2D eigenvalue weighted by molar-refractivity contribution is -0.136. The molecule has 0 bridgehead atoms. The largest absolute Gasteiger partial charge is 0.493 e. The van der Waals surface area contributed by atoms with Crippen molar-refractivity contribution in [3.8, 4) is 11.5 Å². The Kier molecular flexibility index (Phi) is 7.07. The number of ether oxygens (including phenoxy) is 3. The van der Waals surface area contributed by atoms with Gasteiger partial charge in [-0.2, -0.15) is 0 Å². The number of hydrogen-bond acceptors (Lipinski definition) is 6. The van der Waals surface area contributed by atoms with E-state index in [0.717, 1.165) is 4.90 Å². The molecule has 0 atom stereocenters. The third-order valence-corrected chi connectivity index (χ3v) is 5.62. The van der Waals surface area contributed by atoms with E-state index in [1.165, 1.54) is 7.11 Å². The molecule has 2 aromatic carbocycles. The molecule has 0 fully saturated rings. The first-order valence-corrected chi connectivity index (χ1v) is 11.0. The molecule has 2 aromatic rings. The summed E-state index contributed by atoms with van der Waals surface area (Å²) in [7, 11) is 2.86. The van der Waals surface area contributed by atoms with Gasteiger partial charge in [-0.15, -0.1) is 11.8 Å². The Morgan fingerprint density at radius 3 is 2.55 bits per heavy atom. The van der Waals surface area contributed by atoms with Gasteiger partial charge in [-0.05, 0) is 62.1 Å². The predicted octanol–water partition coefficient (Wildman–Crippen LogP) is 4.69. The van der Waals surface area contributed by atoms with Gasteiger partial charge in [-0.25, -0.2) is 4.79 Å². The molecule has 31 heavy (non-hydrogen) atoms. The number of anilines is 1. The van der Waals surface area contributed by atoms with Crippen molar-refractivity contribution >= 4 is 35.4 Å². The lowest BCUT2D eigenvalue weighted by Crippen LogP contribution is -2.24. The summed E-state index contributed by atoms with van der Waals surface area (Å²) in [5.74, 6) is 0.314. The Morgan fingerprint density at radius 1 is 1.13 bits per heavy atom. The van der Waals surface area contributed by atoms with Crippen LogP contribution in [0.2, 0.25) is 0 Å². The number of carbonyl (C=O) groups is 2. The van der Waals surface area contributed by atoms with E-state index in [1.807, 2.05) is 43.5 Å². The Labute approximate surface area is 186 Å². The lowest BCUT2D eigenvalue weighted by atomic mass is 10.0. The van der Waals surface area contributed by atoms with Crippen molar-refractivity contribution in [3.63, 3.8) is 0 Å². The van der Waals surface area contributed by atoms with Crippen LogP contribution in [0.3, 0.4) is 0 Å². The van der Waals surface area contributed by atoms with Crippen LogP contribution in [0.25, 0.3) is 6.08 Å². The minimum absolute atomic E-state index is 0.245. The molecule has 0 saturated heterocycles. The van der Waals surface area contributed by atoms with E-state index in [1.54, 1.807) is 48.9 Å². The van der Waals surface area contributed by atoms with Gasteiger partial charge in [-0.3, -0.25) is 9.69 Å². The Bertz CT molecular complexity index is 1070. The van der Waals surface area contributed by atoms with Crippen LogP contribution in [0.1, 0.15) is 19.4 Å². The second-order valence-corrected chi connectivity index (χ2v) is 7.58. The Morgan fingerprint density at radius 2 is 1.90 bits per heavy atom. The molecule has 1 aliphatic rings. The quantitative estimate of drug-likeness (QED) is 0.354. The Balaban J connectivity index is 2.11. The van der Waals surface area contributed by atoms with Gasteiger partial charge in [0.05, 0.1) is 37.7 Å². The molecule has 0 spiro atoms. The van der Waals surface area contributed by atoms with E-state index < -0.39 is 5.97 Å². The van der Waals surface area contributed by atoms with Crippen molar-refractivity contribution in [1.82, 2.24) is 0 Å². The smallest absolute Gasteiger partial charge is 0.340 e. The minimum atomic E-state index is -0.557. The fourth-order valence-corrected chi connectivity index (χ4v) is 3.91. The number of carbonyl (C=O) groups excluding carboxylic acids is 2. The van der Waals surface area contributed by atoms with Crippen LogP contribution in [0.5, 0.6) is 11.5 Å². The van der Waals surface area contributed by atoms with E-state index in [0.29, 0.717) is 35.1 Å². The minimum Gasteiger partial charge on any atom is -0.493 e. The highest BCUT2D eigenvalue weighted by Gasteiger charge is 2.38. The van der Waals surface area contributed by atoms with Crippen LogP contribution in [0.15, 0.2) is 64.2 Å². The molecule has 1 heterocycles. The first-order chi connectivity index (χ1) is 14.9. The van der Waals surface area contributed by atoms with Crippen molar-refractivity contribution in [2.75, 3.05) is 32.0 Å². The summed E-state index contributed by atoms with van der Waals surface area (Å²) >= 11 is 1.58. The van der Waals surface area contributed by atoms with E-state index in [-0.39, 0.29) is 17.1 Å². The number of hydrogen-bond donors (Lipinski definition) is 0. The molecule has 0 unspecified atom stereocenters. The molecule has 1 amide bonds. The highest BCUT2D eigenvalue weighted by molar-refractivity contribution is 7.98. The van der Waals surface area contributed by atoms with Crippen LogP contribution in [0, 0.1) is 0 Å². The van der Waals surface area contributed by atoms with Gasteiger partial charge < -0.3 is 14.2 Å². The summed E-state index contributed by atoms with van der Waals surface area (Å²) in [6.45, 7) is 4.15. The van der Waals surface area contributed by atoms with Crippen LogP contribution in [0.4, 0.5) is 5.69 Å². The summed E-state index contributed by atoms with van der Waals surface area (Å²) in [4.78, 5) is 28.6. The van der Waals surface area contributed by atoms with E-state index in [4.69, 9.17) is 14.2 Å². The topological polar surface area (TPSA) is 65.1 Å². The number of allylic oxidation sites excluding steroid dienone is 1. The number of methoxy groups -OCH3 is 2. The van der Waals surface area contributed by atoms with Crippen molar-refractivity contribution in [1.29, 1.82) is 0 Å². The average Bonchev–Trinajstić information content (AvgIpc) is 3.03. The maximum absolute atomic E-state index is 13.4. The molecule has 0 aliphatic carbocycles. The second-order valence-electron chi connectivity index (χ2n) is 6.70. The number of thioether (sulfide) groups is 1. The van der Waals surface area contributed by atoms with Gasteiger partial charge in [0.2, 0.25) is 0 Å². The maximum atomic E-state index is 13.4. The SMILES string of the molecule is CCOc1ccc(/C=C2\C(=O)N(c3cccc(SC)c3)C(C)=C2C(=O)OC)cc1OC. The third-order valence-electron chi connectivity index (χ3n) is 4.90. The fourth-order valence-electron chi connectivity index (χ4n) is 3.46. The number of amides is 1. The summed E-state index contributed by atoms with van der Waals surface area (Å²) in [6.07, 6.45) is 3.65. The van der Waals surface area contributed by atoms with Gasteiger partial charge in [0.1, 0.15) is 0 Å². The molecule has 3 rings (SSSR count). The molecule has 6 nitrogen and oxygen atoms in total. The zero-order valence-corrected chi connectivity index (χ0v) is 19.0. The fraction of sp³-hybridized carbons (Fsp3) is 0.250. The summed E-state index contributed by atoms with van der Waals surface area (Å²) in [5.41, 5.74) is 2.44. The molecule has 0 radical (unpaired) electrons. The molecule has 7 heteroatoms. The monoisotopic (exact) mass is 439 g/mol. The van der Waals surface area contributed by atoms with Crippen LogP contribution >= 0.6 is 11.8 Å². The van der Waals surface area contributed by atoms with Gasteiger partial charge in [0.25, 0.3) is 5.91 Å². The van der Waals surface area contributed by atoms with E-state index >= 15 is 0 Å². The van der Waals surface area contributed by atoms with Gasteiger partial charge in [0, 0.05) is 10.6 Å². The zero-order valence-electron chi connectivity index (χ0n) is 18.2. The highest BCUT2D eigenvalue weighted by atomic mass is 32.2. The number of esters is 1. The van der Waals surface area contributed by atoms with E-state index in [2.05, 4.69) is 0 Å². The van der Waals surface area contributed by atoms with Crippen molar-refractivity contribution in [2.45, 2.75) is 18.7 Å². The van der Waals surface area contributed by atoms with Crippen LogP contribution in [-0.2, 0) is 14.3 Å². The molecular formula is C24H25NO5S. The van der Waals surface area contributed by atoms with E-state index in [9.17, 15) is 9.59 Å². The summed E-state index contributed by atoms with van der Waals surface area (Å²) in [5, 5.41) is 0. The molecule has 1 aliphatic heterocycles. The average molecular weight is 440 g/mol. The van der Waals surface area contributed by atoms with Gasteiger partial charge in [-0.1, -0.05) is 12.1 Å². The molecule has 0 aromatic heterocycles. The predicted molar refractivity (Wildman–Crippen MR) is 123 cm³/mol. The summed E-state index contributed by atoms with van der Waals surface area (Å²) in [6, 6.07) is 13.0. The molecule has 162 valence electrons.